The monoisotopic (exact) mass is 504 g/mol. The van der Waals surface area contributed by atoms with Crippen molar-refractivity contribution in [3.05, 3.63) is 65.7 Å². The lowest BCUT2D eigenvalue weighted by atomic mass is 9.97. The van der Waals surface area contributed by atoms with Crippen LogP contribution < -0.4 is 15.0 Å². The minimum atomic E-state index is -3.00. The number of amides is 1. The number of nitrogens with zero attached hydrogens (tertiary/aromatic N) is 5. The van der Waals surface area contributed by atoms with Gasteiger partial charge in [-0.15, -0.1) is 0 Å². The zero-order valence-electron chi connectivity index (χ0n) is 19.6. The summed E-state index contributed by atoms with van der Waals surface area (Å²) in [5.41, 5.74) is 4.13. The summed E-state index contributed by atoms with van der Waals surface area (Å²) < 4.78 is 38.8. The molecule has 1 amide bonds. The molecule has 37 heavy (non-hydrogen) atoms. The van der Waals surface area contributed by atoms with Crippen LogP contribution >= 0.6 is 0 Å². The molecule has 0 aliphatic carbocycles. The minimum Gasteiger partial charge on any atom is -0.434 e. The number of anilines is 1. The second-order valence-electron chi connectivity index (χ2n) is 9.29. The Morgan fingerprint density at radius 1 is 1.08 bits per heavy atom. The summed E-state index contributed by atoms with van der Waals surface area (Å²) in [5.74, 6) is 1.05. The van der Waals surface area contributed by atoms with Gasteiger partial charge in [-0.05, 0) is 36.2 Å². The molecule has 2 bridgehead atoms. The second-order valence-corrected chi connectivity index (χ2v) is 9.29. The van der Waals surface area contributed by atoms with Gasteiger partial charge in [0.15, 0.2) is 0 Å². The molecule has 0 saturated carbocycles. The number of alkyl halides is 2. The first-order chi connectivity index (χ1) is 18.1. The van der Waals surface area contributed by atoms with Gasteiger partial charge in [0.1, 0.15) is 11.6 Å². The molecule has 0 unspecified atom stereocenters. The summed E-state index contributed by atoms with van der Waals surface area (Å²) >= 11 is 0. The number of fused-ring (bicyclic) bond motifs is 9. The number of ether oxygens (including phenoxy) is 2. The molecule has 5 heterocycles. The Kier molecular flexibility index (Phi) is 5.07. The van der Waals surface area contributed by atoms with E-state index in [0.717, 1.165) is 35.2 Å². The summed E-state index contributed by atoms with van der Waals surface area (Å²) in [4.78, 5) is 28.9. The smallest absolute Gasteiger partial charge is 0.387 e. The number of carbonyl (C=O) groups excluding carboxylic acids is 1. The van der Waals surface area contributed by atoms with E-state index in [1.807, 2.05) is 22.8 Å². The van der Waals surface area contributed by atoms with Crippen molar-refractivity contribution < 1.29 is 23.0 Å². The van der Waals surface area contributed by atoms with E-state index in [9.17, 15) is 13.6 Å². The third-order valence-corrected chi connectivity index (χ3v) is 7.23. The van der Waals surface area contributed by atoms with Crippen LogP contribution in [0.25, 0.3) is 22.2 Å². The molecular weight excluding hydrogens is 482 g/mol. The van der Waals surface area contributed by atoms with Gasteiger partial charge in [-0.3, -0.25) is 4.79 Å². The van der Waals surface area contributed by atoms with E-state index in [2.05, 4.69) is 20.2 Å². The van der Waals surface area contributed by atoms with Gasteiger partial charge in [0.2, 0.25) is 5.95 Å². The van der Waals surface area contributed by atoms with Crippen molar-refractivity contribution in [1.29, 1.82) is 0 Å². The summed E-state index contributed by atoms with van der Waals surface area (Å²) in [7, 11) is 0. The average Bonchev–Trinajstić information content (AvgIpc) is 3.41. The van der Waals surface area contributed by atoms with Crippen LogP contribution in [0.3, 0.4) is 0 Å². The number of nitrogens with one attached hydrogen (secondary N) is 1. The van der Waals surface area contributed by atoms with Crippen LogP contribution in [0.15, 0.2) is 48.8 Å². The predicted molar refractivity (Wildman–Crippen MR) is 130 cm³/mol. The Morgan fingerprint density at radius 2 is 1.89 bits per heavy atom. The molecular formula is C26H22F2N6O3. The Labute approximate surface area is 210 Å². The van der Waals surface area contributed by atoms with E-state index in [-0.39, 0.29) is 23.7 Å². The quantitative estimate of drug-likeness (QED) is 0.453. The number of morpholine rings is 1. The van der Waals surface area contributed by atoms with E-state index < -0.39 is 6.61 Å². The maximum absolute atomic E-state index is 13.2. The molecule has 0 spiro atoms. The lowest BCUT2D eigenvalue weighted by Gasteiger charge is -2.26. The zero-order chi connectivity index (χ0) is 25.1. The molecule has 2 atom stereocenters. The first kappa shape index (κ1) is 22.1. The Balaban J connectivity index is 1.31. The van der Waals surface area contributed by atoms with Gasteiger partial charge in [-0.1, -0.05) is 12.1 Å². The molecule has 7 rings (SSSR count). The van der Waals surface area contributed by atoms with Crippen LogP contribution in [-0.4, -0.2) is 58.3 Å². The fourth-order valence-corrected chi connectivity index (χ4v) is 5.59. The summed E-state index contributed by atoms with van der Waals surface area (Å²) in [6, 6.07) is 9.84. The molecule has 0 radical (unpaired) electrons. The van der Waals surface area contributed by atoms with Crippen molar-refractivity contribution >= 4 is 22.9 Å². The van der Waals surface area contributed by atoms with Crippen LogP contribution in [0, 0.1) is 0 Å². The van der Waals surface area contributed by atoms with Crippen molar-refractivity contribution in [1.82, 2.24) is 24.8 Å². The summed E-state index contributed by atoms with van der Waals surface area (Å²) in [5, 5.41) is 3.01. The van der Waals surface area contributed by atoms with Gasteiger partial charge in [0, 0.05) is 42.2 Å². The topological polar surface area (TPSA) is 94.4 Å². The predicted octanol–water partition coefficient (Wildman–Crippen LogP) is 3.71. The van der Waals surface area contributed by atoms with Crippen LogP contribution in [0.1, 0.15) is 40.3 Å². The van der Waals surface area contributed by atoms with Gasteiger partial charge >= 0.3 is 6.61 Å². The highest BCUT2D eigenvalue weighted by Gasteiger charge is 2.42. The lowest BCUT2D eigenvalue weighted by Crippen LogP contribution is -2.37. The van der Waals surface area contributed by atoms with Crippen molar-refractivity contribution in [2.45, 2.75) is 25.1 Å². The van der Waals surface area contributed by atoms with Crippen LogP contribution in [-0.2, 0) is 4.74 Å². The molecule has 3 aliphatic heterocycles. The zero-order valence-corrected chi connectivity index (χ0v) is 19.6. The van der Waals surface area contributed by atoms with Crippen LogP contribution in [0.2, 0.25) is 0 Å². The Morgan fingerprint density at radius 3 is 2.68 bits per heavy atom. The Hall–Kier alpha value is -4.12. The number of imidazole rings is 1. The van der Waals surface area contributed by atoms with Gasteiger partial charge in [-0.2, -0.15) is 8.78 Å². The minimum absolute atomic E-state index is 0.00579. The van der Waals surface area contributed by atoms with Crippen LogP contribution in [0.5, 0.6) is 5.75 Å². The highest BCUT2D eigenvalue weighted by Crippen LogP contribution is 2.47. The molecule has 1 N–H and O–H groups in total. The normalized spacial score (nSPS) is 20.5. The molecule has 4 aromatic rings. The number of carbonyl (C=O) groups is 1. The molecule has 188 valence electrons. The maximum Gasteiger partial charge on any atom is 0.387 e. The first-order valence-corrected chi connectivity index (χ1v) is 12.1. The highest BCUT2D eigenvalue weighted by molar-refractivity contribution is 5.98. The lowest BCUT2D eigenvalue weighted by molar-refractivity contribution is -0.0507. The van der Waals surface area contributed by atoms with E-state index in [4.69, 9.17) is 14.5 Å². The van der Waals surface area contributed by atoms with Crippen molar-refractivity contribution in [2.75, 3.05) is 31.2 Å². The van der Waals surface area contributed by atoms with E-state index in [0.29, 0.717) is 42.5 Å². The van der Waals surface area contributed by atoms with Gasteiger partial charge in [-0.25, -0.2) is 15.0 Å². The number of aromatic nitrogens is 4. The Bertz CT molecular complexity index is 1520. The molecule has 1 fully saturated rings. The summed E-state index contributed by atoms with van der Waals surface area (Å²) in [6.07, 6.45) is 4.10. The fourth-order valence-electron chi connectivity index (χ4n) is 5.59. The number of benzene rings is 2. The van der Waals surface area contributed by atoms with Crippen molar-refractivity contribution in [2.24, 2.45) is 0 Å². The molecule has 2 aromatic carbocycles. The fraction of sp³-hybridized carbons (Fsp3) is 0.308. The molecule has 11 heteroatoms. The van der Waals surface area contributed by atoms with E-state index >= 15 is 0 Å². The second kappa shape index (κ2) is 8.48. The molecule has 9 nitrogen and oxygen atoms in total. The van der Waals surface area contributed by atoms with E-state index in [1.165, 1.54) is 6.07 Å². The molecule has 3 aliphatic rings. The maximum atomic E-state index is 13.2. The van der Waals surface area contributed by atoms with Gasteiger partial charge < -0.3 is 24.3 Å². The molecule has 2 aromatic heterocycles. The van der Waals surface area contributed by atoms with Crippen molar-refractivity contribution in [3.8, 4) is 16.9 Å². The third-order valence-electron chi connectivity index (χ3n) is 7.23. The summed E-state index contributed by atoms with van der Waals surface area (Å²) in [6.45, 7) is -0.176. The number of halogens is 2. The number of hydrogen-bond acceptors (Lipinski definition) is 7. The first-order valence-electron chi connectivity index (χ1n) is 12.1. The highest BCUT2D eigenvalue weighted by atomic mass is 19.3. The van der Waals surface area contributed by atoms with Gasteiger partial charge in [0.25, 0.3) is 5.91 Å². The SMILES string of the molecule is O=C1N[C@@H]2C[C@H](c3c(OC(F)F)cccc31)n1c2nc2ccc(-c3cnc(N4CCOCC4)nc3)cc21. The number of hydrogen-bond donors (Lipinski definition) is 1. The van der Waals surface area contributed by atoms with Gasteiger partial charge in [0.05, 0.1) is 36.3 Å². The van der Waals surface area contributed by atoms with Crippen LogP contribution in [0.4, 0.5) is 14.7 Å². The van der Waals surface area contributed by atoms with E-state index in [1.54, 1.807) is 24.5 Å². The van der Waals surface area contributed by atoms with Crippen molar-refractivity contribution in [3.63, 3.8) is 0 Å². The third kappa shape index (κ3) is 3.60. The largest absolute Gasteiger partial charge is 0.434 e. The standard InChI is InChI=1S/C26H22F2N6O3/c27-25(28)37-21-3-1-2-16-22(21)20-11-18(32-24(16)35)23-31-17-5-4-14(10-19(17)34(20)23)15-12-29-26(30-13-15)33-6-8-36-9-7-33/h1-5,10,12-13,18,20,25H,6-9,11H2,(H,32,35)/t18-,20-/m1/s1. The average molecular weight is 504 g/mol. The molecule has 1 saturated heterocycles. The number of rotatable bonds is 4.